The summed E-state index contributed by atoms with van der Waals surface area (Å²) in [4.78, 5) is 23.0. The molecule has 1 amide bonds. The highest BCUT2D eigenvalue weighted by molar-refractivity contribution is 5.95. The van der Waals surface area contributed by atoms with E-state index in [-0.39, 0.29) is 5.91 Å². The van der Waals surface area contributed by atoms with Crippen molar-refractivity contribution in [3.05, 3.63) is 65.9 Å². The second kappa shape index (κ2) is 12.7. The van der Waals surface area contributed by atoms with E-state index in [9.17, 15) is 10.1 Å². The molecule has 0 spiro atoms. The summed E-state index contributed by atoms with van der Waals surface area (Å²) in [5.41, 5.74) is 3.84. The van der Waals surface area contributed by atoms with E-state index in [0.29, 0.717) is 18.7 Å². The molecule has 8 nitrogen and oxygen atoms in total. The van der Waals surface area contributed by atoms with Crippen LogP contribution in [-0.4, -0.2) is 87.0 Å². The van der Waals surface area contributed by atoms with Crippen LogP contribution < -0.4 is 4.90 Å². The zero-order valence-corrected chi connectivity index (χ0v) is 21.2. The third-order valence-corrected chi connectivity index (χ3v) is 6.81. The number of hydrogen-bond acceptors (Lipinski definition) is 6. The normalized spacial score (nSPS) is 15.6. The van der Waals surface area contributed by atoms with Crippen molar-refractivity contribution < 1.29 is 14.3 Å². The lowest BCUT2D eigenvalue weighted by atomic mass is 10.1. The van der Waals surface area contributed by atoms with Crippen molar-refractivity contribution in [3.63, 3.8) is 0 Å². The first-order chi connectivity index (χ1) is 17.6. The van der Waals surface area contributed by atoms with Crippen LogP contribution in [0.2, 0.25) is 0 Å². The van der Waals surface area contributed by atoms with E-state index in [1.807, 2.05) is 48.5 Å². The minimum Gasteiger partial charge on any atom is -0.380 e. The molecule has 0 aliphatic carbocycles. The number of carbonyl (C=O) groups is 1. The highest BCUT2D eigenvalue weighted by Crippen LogP contribution is 2.22. The van der Waals surface area contributed by atoms with Gasteiger partial charge in [-0.05, 0) is 55.3 Å². The van der Waals surface area contributed by atoms with Crippen LogP contribution in [0.15, 0.2) is 54.7 Å². The van der Waals surface area contributed by atoms with Crippen LogP contribution in [0.25, 0.3) is 10.9 Å². The van der Waals surface area contributed by atoms with Crippen molar-refractivity contribution in [2.24, 2.45) is 0 Å². The van der Waals surface area contributed by atoms with Crippen LogP contribution in [-0.2, 0) is 20.7 Å². The van der Waals surface area contributed by atoms with Crippen LogP contribution in [0.3, 0.4) is 0 Å². The average Bonchev–Trinajstić information content (AvgIpc) is 3.32. The van der Waals surface area contributed by atoms with Gasteiger partial charge in [-0.3, -0.25) is 14.6 Å². The molecular formula is C28H35N5O3. The summed E-state index contributed by atoms with van der Waals surface area (Å²) in [7, 11) is 3.21. The van der Waals surface area contributed by atoms with Gasteiger partial charge in [-0.1, -0.05) is 18.2 Å². The first-order valence-electron chi connectivity index (χ1n) is 12.5. The summed E-state index contributed by atoms with van der Waals surface area (Å²) in [6.07, 6.45) is 3.61. The Hall–Kier alpha value is -3.22. The largest absolute Gasteiger partial charge is 0.380 e. The summed E-state index contributed by atoms with van der Waals surface area (Å²) < 4.78 is 10.9. The third-order valence-electron chi connectivity index (χ3n) is 6.81. The number of H-pyrrole nitrogens is 1. The maximum atomic E-state index is 13.3. The molecule has 1 atom stereocenters. The van der Waals surface area contributed by atoms with E-state index in [1.54, 1.807) is 19.1 Å². The molecule has 1 aliphatic heterocycles. The Balaban J connectivity index is 1.27. The molecule has 1 fully saturated rings. The number of aromatic nitrogens is 1. The van der Waals surface area contributed by atoms with Gasteiger partial charge in [0.2, 0.25) is 5.91 Å². The first kappa shape index (κ1) is 25.9. The number of carbonyl (C=O) groups excluding carboxylic acids is 1. The Bertz CT molecular complexity index is 1160. The molecule has 1 unspecified atom stereocenters. The second-order valence-corrected chi connectivity index (χ2v) is 9.15. The number of anilines is 1. The van der Waals surface area contributed by atoms with E-state index in [4.69, 9.17) is 9.47 Å². The second-order valence-electron chi connectivity index (χ2n) is 9.15. The molecule has 1 aromatic heterocycles. The molecule has 2 heterocycles. The monoisotopic (exact) mass is 489 g/mol. The van der Waals surface area contributed by atoms with Gasteiger partial charge in [-0.2, -0.15) is 5.26 Å². The third kappa shape index (κ3) is 6.31. The number of benzene rings is 2. The van der Waals surface area contributed by atoms with Gasteiger partial charge in [-0.25, -0.2) is 0 Å². The van der Waals surface area contributed by atoms with Gasteiger partial charge < -0.3 is 19.4 Å². The number of hydrogen-bond donors (Lipinski definition) is 1. The Kier molecular flexibility index (Phi) is 9.09. The van der Waals surface area contributed by atoms with Crippen LogP contribution in [0.5, 0.6) is 0 Å². The van der Waals surface area contributed by atoms with Crippen molar-refractivity contribution in [2.75, 3.05) is 65.0 Å². The van der Waals surface area contributed by atoms with Gasteiger partial charge in [0.05, 0.1) is 24.8 Å². The number of nitrogens with one attached hydrogen (secondary N) is 1. The van der Waals surface area contributed by atoms with E-state index in [2.05, 4.69) is 27.0 Å². The number of fused-ring (bicyclic) bond motifs is 1. The molecule has 190 valence electrons. The Morgan fingerprint density at radius 2 is 1.86 bits per heavy atom. The minimum atomic E-state index is -0.472. The molecule has 0 radical (unpaired) electrons. The van der Waals surface area contributed by atoms with Crippen molar-refractivity contribution in [2.45, 2.75) is 19.1 Å². The predicted molar refractivity (Wildman–Crippen MR) is 141 cm³/mol. The molecule has 0 bridgehead atoms. The van der Waals surface area contributed by atoms with E-state index >= 15 is 0 Å². The van der Waals surface area contributed by atoms with Crippen molar-refractivity contribution >= 4 is 22.5 Å². The molecule has 1 aliphatic rings. The number of ether oxygens (including phenoxy) is 2. The number of piperazine rings is 1. The predicted octanol–water partition coefficient (Wildman–Crippen LogP) is 3.24. The average molecular weight is 490 g/mol. The van der Waals surface area contributed by atoms with Gasteiger partial charge in [-0.15, -0.1) is 0 Å². The number of methoxy groups -OCH3 is 2. The standard InChI is InChI=1S/C28H35N5O3/c1-35-21-28(36-2)33(24-8-4-3-5-9-24)27(34)20-32-15-13-31(14-16-32)12-6-7-23-19-30-26-11-10-22(18-29)17-25(23)26/h3-5,8-11,17,19,28,30H,6-7,12-16,20-21H2,1-2H3. The summed E-state index contributed by atoms with van der Waals surface area (Å²) in [5, 5.41) is 10.3. The van der Waals surface area contributed by atoms with Crippen LogP contribution in [0, 0.1) is 11.3 Å². The lowest BCUT2D eigenvalue weighted by Gasteiger charge is -2.36. The highest BCUT2D eigenvalue weighted by atomic mass is 16.5. The molecule has 4 rings (SSSR count). The van der Waals surface area contributed by atoms with Gasteiger partial charge in [0, 0.05) is 63.2 Å². The lowest BCUT2D eigenvalue weighted by Crippen LogP contribution is -2.53. The van der Waals surface area contributed by atoms with E-state index < -0.39 is 6.23 Å². The molecule has 0 saturated carbocycles. The highest BCUT2D eigenvalue weighted by Gasteiger charge is 2.28. The van der Waals surface area contributed by atoms with Crippen LogP contribution in [0.4, 0.5) is 5.69 Å². The molecule has 2 aromatic carbocycles. The summed E-state index contributed by atoms with van der Waals surface area (Å²) in [6.45, 7) is 5.27. The number of nitrogens with zero attached hydrogens (tertiary/aromatic N) is 4. The Morgan fingerprint density at radius 3 is 2.56 bits per heavy atom. The molecule has 1 saturated heterocycles. The van der Waals surface area contributed by atoms with Crippen LogP contribution >= 0.6 is 0 Å². The smallest absolute Gasteiger partial charge is 0.243 e. The van der Waals surface area contributed by atoms with Gasteiger partial charge in [0.15, 0.2) is 6.23 Å². The van der Waals surface area contributed by atoms with Gasteiger partial charge in [0.1, 0.15) is 0 Å². The van der Waals surface area contributed by atoms with E-state index in [1.165, 1.54) is 5.56 Å². The minimum absolute atomic E-state index is 0.00891. The first-order valence-corrected chi connectivity index (χ1v) is 12.5. The SMILES string of the molecule is COCC(OC)N(C(=O)CN1CCN(CCCc2c[nH]c3ccc(C#N)cc23)CC1)c1ccccc1. The van der Waals surface area contributed by atoms with Crippen molar-refractivity contribution in [3.8, 4) is 6.07 Å². The molecule has 8 heteroatoms. The van der Waals surface area contributed by atoms with Crippen molar-refractivity contribution in [1.82, 2.24) is 14.8 Å². The fourth-order valence-electron chi connectivity index (χ4n) is 4.84. The van der Waals surface area contributed by atoms with E-state index in [0.717, 1.165) is 62.2 Å². The molecular weight excluding hydrogens is 454 g/mol. The molecule has 1 N–H and O–H groups in total. The summed E-state index contributed by atoms with van der Waals surface area (Å²) >= 11 is 0. The summed E-state index contributed by atoms with van der Waals surface area (Å²) in [5.74, 6) is 0.00891. The number of aromatic amines is 1. The van der Waals surface area contributed by atoms with Crippen LogP contribution in [0.1, 0.15) is 17.5 Å². The summed E-state index contributed by atoms with van der Waals surface area (Å²) in [6, 6.07) is 17.6. The fourth-order valence-corrected chi connectivity index (χ4v) is 4.84. The van der Waals surface area contributed by atoms with Gasteiger partial charge in [0.25, 0.3) is 0 Å². The quantitative estimate of drug-likeness (QED) is 0.416. The van der Waals surface area contributed by atoms with Gasteiger partial charge >= 0.3 is 0 Å². The lowest BCUT2D eigenvalue weighted by molar-refractivity contribution is -0.123. The number of rotatable bonds is 11. The molecule has 36 heavy (non-hydrogen) atoms. The maximum Gasteiger partial charge on any atom is 0.243 e. The number of para-hydroxylation sites is 1. The number of aryl methyl sites for hydroxylation is 1. The fraction of sp³-hybridized carbons (Fsp3) is 0.429. The topological polar surface area (TPSA) is 84.8 Å². The van der Waals surface area contributed by atoms with Crippen molar-refractivity contribution in [1.29, 1.82) is 5.26 Å². The molecule has 3 aromatic rings. The Morgan fingerprint density at radius 1 is 1.11 bits per heavy atom. The Labute approximate surface area is 213 Å². The number of nitriles is 1. The maximum absolute atomic E-state index is 13.3. The number of amides is 1. The zero-order valence-electron chi connectivity index (χ0n) is 21.2. The zero-order chi connectivity index (χ0) is 25.3.